The highest BCUT2D eigenvalue weighted by molar-refractivity contribution is 5.95. The quantitative estimate of drug-likeness (QED) is 0.805. The molecule has 1 atom stereocenters. The van der Waals surface area contributed by atoms with Gasteiger partial charge in [-0.25, -0.2) is 0 Å². The van der Waals surface area contributed by atoms with Crippen LogP contribution in [-0.2, 0) is 6.42 Å². The minimum atomic E-state index is 0.138. The highest BCUT2D eigenvalue weighted by Gasteiger charge is 2.25. The van der Waals surface area contributed by atoms with Gasteiger partial charge in [0.2, 0.25) is 0 Å². The van der Waals surface area contributed by atoms with Crippen LogP contribution >= 0.6 is 0 Å². The topological polar surface area (TPSA) is 41.6 Å². The van der Waals surface area contributed by atoms with Crippen LogP contribution in [0.3, 0.4) is 0 Å². The van der Waals surface area contributed by atoms with Crippen molar-refractivity contribution in [2.75, 3.05) is 26.2 Å². The maximum atomic E-state index is 12.5. The Labute approximate surface area is 107 Å². The summed E-state index contributed by atoms with van der Waals surface area (Å²) in [6, 6.07) is 6.04. The first kappa shape index (κ1) is 11.5. The summed E-state index contributed by atoms with van der Waals surface area (Å²) in [6.45, 7) is 5.36. The van der Waals surface area contributed by atoms with Crippen molar-refractivity contribution in [3.05, 3.63) is 29.3 Å². The lowest BCUT2D eigenvalue weighted by Gasteiger charge is -2.34. The Balaban J connectivity index is 1.83. The van der Waals surface area contributed by atoms with Gasteiger partial charge in [-0.2, -0.15) is 0 Å². The van der Waals surface area contributed by atoms with Crippen molar-refractivity contribution in [3.8, 4) is 5.75 Å². The number of amides is 1. The van der Waals surface area contributed by atoms with Gasteiger partial charge in [-0.15, -0.1) is 0 Å². The summed E-state index contributed by atoms with van der Waals surface area (Å²) >= 11 is 0. The van der Waals surface area contributed by atoms with Crippen molar-refractivity contribution < 1.29 is 9.53 Å². The molecular weight excluding hydrogens is 228 g/mol. The second-order valence-electron chi connectivity index (χ2n) is 4.97. The molecule has 4 nitrogen and oxygen atoms in total. The van der Waals surface area contributed by atoms with Crippen molar-refractivity contribution in [2.45, 2.75) is 19.4 Å². The fraction of sp³-hybridized carbons (Fsp3) is 0.500. The Kier molecular flexibility index (Phi) is 2.96. The van der Waals surface area contributed by atoms with Crippen molar-refractivity contribution in [1.82, 2.24) is 10.2 Å². The molecule has 0 unspecified atom stereocenters. The molecule has 1 aromatic carbocycles. The molecule has 1 amide bonds. The van der Waals surface area contributed by atoms with Gasteiger partial charge < -0.3 is 15.0 Å². The summed E-state index contributed by atoms with van der Waals surface area (Å²) in [5.41, 5.74) is 1.94. The number of piperazine rings is 1. The molecule has 2 aliphatic rings. The standard InChI is InChI=1S/C14H18N2O2/c1-10-9-15-5-6-16(10)14(17)12-2-3-13-11(8-12)4-7-18-13/h2-3,8,10,15H,4-7,9H2,1H3/t10-/m0/s1. The van der Waals surface area contributed by atoms with Crippen molar-refractivity contribution >= 4 is 5.91 Å². The van der Waals surface area contributed by atoms with Crippen LogP contribution in [0.25, 0.3) is 0 Å². The van der Waals surface area contributed by atoms with Gasteiger partial charge in [-0.3, -0.25) is 4.79 Å². The lowest BCUT2D eigenvalue weighted by molar-refractivity contribution is 0.0655. The number of nitrogens with one attached hydrogen (secondary N) is 1. The van der Waals surface area contributed by atoms with Gasteiger partial charge in [0.05, 0.1) is 6.61 Å². The fourth-order valence-corrected chi connectivity index (χ4v) is 2.63. The minimum Gasteiger partial charge on any atom is -0.493 e. The summed E-state index contributed by atoms with van der Waals surface area (Å²) in [7, 11) is 0. The Morgan fingerprint density at radius 2 is 2.39 bits per heavy atom. The van der Waals surface area contributed by atoms with Crippen LogP contribution in [0.2, 0.25) is 0 Å². The molecule has 4 heteroatoms. The second-order valence-corrected chi connectivity index (χ2v) is 4.97. The van der Waals surface area contributed by atoms with Gasteiger partial charge in [0.25, 0.3) is 5.91 Å². The van der Waals surface area contributed by atoms with Crippen molar-refractivity contribution in [1.29, 1.82) is 0 Å². The number of hydrogen-bond donors (Lipinski definition) is 1. The normalized spacial score (nSPS) is 22.5. The van der Waals surface area contributed by atoms with Gasteiger partial charge >= 0.3 is 0 Å². The fourth-order valence-electron chi connectivity index (χ4n) is 2.63. The molecule has 0 spiro atoms. The monoisotopic (exact) mass is 246 g/mol. The first-order chi connectivity index (χ1) is 8.75. The molecular formula is C14H18N2O2. The number of carbonyl (C=O) groups is 1. The van der Waals surface area contributed by atoms with E-state index in [0.29, 0.717) is 0 Å². The molecule has 18 heavy (non-hydrogen) atoms. The molecule has 1 N–H and O–H groups in total. The zero-order valence-corrected chi connectivity index (χ0v) is 10.6. The molecule has 1 saturated heterocycles. The van der Waals surface area contributed by atoms with Crippen LogP contribution in [0, 0.1) is 0 Å². The van der Waals surface area contributed by atoms with Gasteiger partial charge in [0.1, 0.15) is 5.75 Å². The van der Waals surface area contributed by atoms with Crippen LogP contribution in [0.1, 0.15) is 22.8 Å². The second kappa shape index (κ2) is 4.61. The number of benzene rings is 1. The van der Waals surface area contributed by atoms with Crippen LogP contribution in [0.15, 0.2) is 18.2 Å². The molecule has 0 bridgehead atoms. The zero-order valence-electron chi connectivity index (χ0n) is 10.6. The molecule has 2 aliphatic heterocycles. The first-order valence-corrected chi connectivity index (χ1v) is 6.53. The number of nitrogens with zero attached hydrogens (tertiary/aromatic N) is 1. The van der Waals surface area contributed by atoms with Gasteiger partial charge in [0.15, 0.2) is 0 Å². The van der Waals surface area contributed by atoms with E-state index < -0.39 is 0 Å². The third kappa shape index (κ3) is 1.97. The summed E-state index contributed by atoms with van der Waals surface area (Å²) in [6.07, 6.45) is 0.910. The van der Waals surface area contributed by atoms with E-state index in [2.05, 4.69) is 12.2 Å². The highest BCUT2D eigenvalue weighted by Crippen LogP contribution is 2.26. The molecule has 2 heterocycles. The molecule has 0 aromatic heterocycles. The molecule has 1 aromatic rings. The summed E-state index contributed by atoms with van der Waals surface area (Å²) in [5, 5.41) is 3.30. The van der Waals surface area contributed by atoms with E-state index in [1.165, 1.54) is 0 Å². The van der Waals surface area contributed by atoms with Crippen LogP contribution in [-0.4, -0.2) is 43.1 Å². The zero-order chi connectivity index (χ0) is 12.5. The van der Waals surface area contributed by atoms with E-state index in [9.17, 15) is 4.79 Å². The number of fused-ring (bicyclic) bond motifs is 1. The van der Waals surface area contributed by atoms with Crippen molar-refractivity contribution in [3.63, 3.8) is 0 Å². The Morgan fingerprint density at radius 3 is 3.22 bits per heavy atom. The maximum absolute atomic E-state index is 12.5. The number of rotatable bonds is 1. The van der Waals surface area contributed by atoms with Gasteiger partial charge in [0, 0.05) is 37.7 Å². The predicted molar refractivity (Wildman–Crippen MR) is 69.0 cm³/mol. The molecule has 3 rings (SSSR count). The summed E-state index contributed by atoms with van der Waals surface area (Å²) < 4.78 is 5.46. The first-order valence-electron chi connectivity index (χ1n) is 6.53. The summed E-state index contributed by atoms with van der Waals surface area (Å²) in [4.78, 5) is 14.4. The van der Waals surface area contributed by atoms with E-state index >= 15 is 0 Å². The predicted octanol–water partition coefficient (Wildman–Crippen LogP) is 1.06. The molecule has 96 valence electrons. The average molecular weight is 246 g/mol. The van der Waals surface area contributed by atoms with Crippen molar-refractivity contribution in [2.24, 2.45) is 0 Å². The van der Waals surface area contributed by atoms with Crippen LogP contribution < -0.4 is 10.1 Å². The van der Waals surface area contributed by atoms with Gasteiger partial charge in [-0.05, 0) is 30.7 Å². The smallest absolute Gasteiger partial charge is 0.254 e. The van der Waals surface area contributed by atoms with E-state index in [1.54, 1.807) is 0 Å². The lowest BCUT2D eigenvalue weighted by atomic mass is 10.1. The number of carbonyl (C=O) groups excluding carboxylic acids is 1. The third-order valence-electron chi connectivity index (χ3n) is 3.70. The largest absolute Gasteiger partial charge is 0.493 e. The lowest BCUT2D eigenvalue weighted by Crippen LogP contribution is -2.52. The number of ether oxygens (including phenoxy) is 1. The highest BCUT2D eigenvalue weighted by atomic mass is 16.5. The molecule has 0 aliphatic carbocycles. The third-order valence-corrected chi connectivity index (χ3v) is 3.70. The maximum Gasteiger partial charge on any atom is 0.254 e. The molecule has 0 radical (unpaired) electrons. The molecule has 1 fully saturated rings. The van der Waals surface area contributed by atoms with Crippen LogP contribution in [0.4, 0.5) is 0 Å². The van der Waals surface area contributed by atoms with E-state index in [4.69, 9.17) is 4.74 Å². The minimum absolute atomic E-state index is 0.138. The molecule has 0 saturated carbocycles. The Morgan fingerprint density at radius 1 is 1.50 bits per heavy atom. The SMILES string of the molecule is C[C@H]1CNCCN1C(=O)c1ccc2c(c1)CCO2. The van der Waals surface area contributed by atoms with E-state index in [-0.39, 0.29) is 11.9 Å². The van der Waals surface area contributed by atoms with Gasteiger partial charge in [-0.1, -0.05) is 0 Å². The summed E-state index contributed by atoms with van der Waals surface area (Å²) in [5.74, 6) is 1.07. The Hall–Kier alpha value is -1.55. The van der Waals surface area contributed by atoms with E-state index in [0.717, 1.165) is 49.5 Å². The van der Waals surface area contributed by atoms with Crippen LogP contribution in [0.5, 0.6) is 5.75 Å². The number of hydrogen-bond acceptors (Lipinski definition) is 3. The Bertz CT molecular complexity index is 473. The average Bonchev–Trinajstić information content (AvgIpc) is 2.85. The van der Waals surface area contributed by atoms with E-state index in [1.807, 2.05) is 23.1 Å².